The minimum atomic E-state index is -1.19. The van der Waals surface area contributed by atoms with Crippen LogP contribution in [-0.4, -0.2) is 5.91 Å². The molecule has 0 aliphatic heterocycles. The van der Waals surface area contributed by atoms with Crippen molar-refractivity contribution in [1.82, 2.24) is 0 Å². The molecule has 1 atom stereocenters. The average molecular weight is 307 g/mol. The second kappa shape index (κ2) is 6.14. The zero-order valence-corrected chi connectivity index (χ0v) is 12.3. The third kappa shape index (κ3) is 3.16. The standard InChI is InChI=1S/C16H16ClFN2O/c1-2-16(15(19)21,11-5-3-7-13(18)9-11)20-14-8-4-6-12(17)10-14/h3-10,20H,2H2,1H3,(H2,19,21). The van der Waals surface area contributed by atoms with Crippen molar-refractivity contribution in [1.29, 1.82) is 0 Å². The van der Waals surface area contributed by atoms with Gasteiger partial charge >= 0.3 is 0 Å². The van der Waals surface area contributed by atoms with Crippen LogP contribution >= 0.6 is 11.6 Å². The quantitative estimate of drug-likeness (QED) is 0.885. The van der Waals surface area contributed by atoms with Gasteiger partial charge in [-0.05, 0) is 42.3 Å². The summed E-state index contributed by atoms with van der Waals surface area (Å²) in [6.45, 7) is 1.81. The first kappa shape index (κ1) is 15.3. The normalized spacial score (nSPS) is 13.5. The van der Waals surface area contributed by atoms with E-state index in [9.17, 15) is 9.18 Å². The number of carbonyl (C=O) groups excluding carboxylic acids is 1. The molecule has 0 aliphatic rings. The minimum Gasteiger partial charge on any atom is -0.368 e. The number of nitrogens with one attached hydrogen (secondary N) is 1. The van der Waals surface area contributed by atoms with E-state index in [-0.39, 0.29) is 0 Å². The second-order valence-corrected chi connectivity index (χ2v) is 5.21. The van der Waals surface area contributed by atoms with Gasteiger partial charge in [0.1, 0.15) is 11.4 Å². The highest BCUT2D eigenvalue weighted by Crippen LogP contribution is 2.31. The fraction of sp³-hybridized carbons (Fsp3) is 0.188. The molecule has 0 aliphatic carbocycles. The van der Waals surface area contributed by atoms with Gasteiger partial charge in [-0.25, -0.2) is 4.39 Å². The number of nitrogens with two attached hydrogens (primary N) is 1. The van der Waals surface area contributed by atoms with Crippen LogP contribution in [0.1, 0.15) is 18.9 Å². The molecule has 110 valence electrons. The molecule has 2 aromatic carbocycles. The molecule has 1 amide bonds. The summed E-state index contributed by atoms with van der Waals surface area (Å²) in [6, 6.07) is 12.8. The third-order valence-electron chi connectivity index (χ3n) is 3.45. The van der Waals surface area contributed by atoms with E-state index in [0.717, 1.165) is 0 Å². The summed E-state index contributed by atoms with van der Waals surface area (Å²) in [5, 5.41) is 3.64. The van der Waals surface area contributed by atoms with Gasteiger partial charge in [0.05, 0.1) is 0 Å². The van der Waals surface area contributed by atoms with Crippen molar-refractivity contribution in [3.05, 3.63) is 64.9 Å². The predicted molar refractivity (Wildman–Crippen MR) is 82.6 cm³/mol. The van der Waals surface area contributed by atoms with Gasteiger partial charge in [-0.3, -0.25) is 4.79 Å². The molecule has 0 saturated carbocycles. The molecule has 5 heteroatoms. The molecule has 3 N–H and O–H groups in total. The lowest BCUT2D eigenvalue weighted by molar-refractivity contribution is -0.122. The second-order valence-electron chi connectivity index (χ2n) is 4.77. The lowest BCUT2D eigenvalue weighted by Crippen LogP contribution is -2.47. The number of carbonyl (C=O) groups is 1. The van der Waals surface area contributed by atoms with E-state index in [1.807, 2.05) is 6.92 Å². The van der Waals surface area contributed by atoms with Crippen molar-refractivity contribution in [2.45, 2.75) is 18.9 Å². The highest BCUT2D eigenvalue weighted by atomic mass is 35.5. The summed E-state index contributed by atoms with van der Waals surface area (Å²) < 4.78 is 13.5. The first-order valence-electron chi connectivity index (χ1n) is 6.57. The van der Waals surface area contributed by atoms with Crippen molar-refractivity contribution in [3.63, 3.8) is 0 Å². The number of halogens is 2. The summed E-state index contributed by atoms with van der Waals surface area (Å²) in [4.78, 5) is 12.1. The molecule has 0 fully saturated rings. The van der Waals surface area contributed by atoms with Gasteiger partial charge in [0.2, 0.25) is 5.91 Å². The Balaban J connectivity index is 2.49. The Morgan fingerprint density at radius 1 is 1.29 bits per heavy atom. The molecule has 0 saturated heterocycles. The van der Waals surface area contributed by atoms with Crippen LogP contribution in [0, 0.1) is 5.82 Å². The minimum absolute atomic E-state index is 0.373. The maximum absolute atomic E-state index is 13.5. The Morgan fingerprint density at radius 3 is 2.57 bits per heavy atom. The molecule has 2 rings (SSSR count). The lowest BCUT2D eigenvalue weighted by atomic mass is 9.86. The number of primary amides is 1. The number of hydrogen-bond acceptors (Lipinski definition) is 2. The largest absolute Gasteiger partial charge is 0.368 e. The van der Waals surface area contributed by atoms with Crippen molar-refractivity contribution in [3.8, 4) is 0 Å². The number of rotatable bonds is 5. The third-order valence-corrected chi connectivity index (χ3v) is 3.69. The Hall–Kier alpha value is -2.07. The first-order valence-corrected chi connectivity index (χ1v) is 6.95. The molecule has 1 unspecified atom stereocenters. The van der Waals surface area contributed by atoms with Crippen molar-refractivity contribution in [2.75, 3.05) is 5.32 Å². The van der Waals surface area contributed by atoms with E-state index in [2.05, 4.69) is 5.32 Å². The van der Waals surface area contributed by atoms with Crippen LogP contribution in [0.15, 0.2) is 48.5 Å². The maximum Gasteiger partial charge on any atom is 0.247 e. The zero-order chi connectivity index (χ0) is 15.5. The monoisotopic (exact) mass is 306 g/mol. The van der Waals surface area contributed by atoms with Gasteiger partial charge in [0.25, 0.3) is 0 Å². The maximum atomic E-state index is 13.5. The Bertz CT molecular complexity index is 662. The van der Waals surface area contributed by atoms with Crippen LogP contribution < -0.4 is 11.1 Å². The fourth-order valence-electron chi connectivity index (χ4n) is 2.31. The summed E-state index contributed by atoms with van der Waals surface area (Å²) in [7, 11) is 0. The van der Waals surface area contributed by atoms with Crippen LogP contribution in [0.25, 0.3) is 0 Å². The van der Waals surface area contributed by atoms with Crippen LogP contribution in [-0.2, 0) is 10.3 Å². The smallest absolute Gasteiger partial charge is 0.247 e. The van der Waals surface area contributed by atoms with Gasteiger partial charge < -0.3 is 11.1 Å². The van der Waals surface area contributed by atoms with Crippen molar-refractivity contribution < 1.29 is 9.18 Å². The molecular formula is C16H16ClFN2O. The molecule has 3 nitrogen and oxygen atoms in total. The van der Waals surface area contributed by atoms with Crippen molar-refractivity contribution in [2.24, 2.45) is 5.73 Å². The molecular weight excluding hydrogens is 291 g/mol. The van der Waals surface area contributed by atoms with Crippen LogP contribution in [0.3, 0.4) is 0 Å². The molecule has 0 bridgehead atoms. The Labute approximate surface area is 127 Å². The number of hydrogen-bond donors (Lipinski definition) is 2. The van der Waals surface area contributed by atoms with Gasteiger partial charge in [0, 0.05) is 10.7 Å². The predicted octanol–water partition coefficient (Wildman–Crippen LogP) is 3.68. The first-order chi connectivity index (χ1) is 9.98. The summed E-state index contributed by atoms with van der Waals surface area (Å²) in [5.74, 6) is -0.991. The number of benzene rings is 2. The van der Waals surface area contributed by atoms with E-state index in [1.54, 1.807) is 36.4 Å². The fourth-order valence-corrected chi connectivity index (χ4v) is 2.50. The topological polar surface area (TPSA) is 55.1 Å². The van der Waals surface area contributed by atoms with Gasteiger partial charge in [-0.2, -0.15) is 0 Å². The molecule has 2 aromatic rings. The Kier molecular flexibility index (Phi) is 4.48. The van der Waals surface area contributed by atoms with E-state index in [1.165, 1.54) is 12.1 Å². The summed E-state index contributed by atoms with van der Waals surface area (Å²) in [6.07, 6.45) is 0.373. The van der Waals surface area contributed by atoms with E-state index in [4.69, 9.17) is 17.3 Å². The van der Waals surface area contributed by atoms with Crippen LogP contribution in [0.4, 0.5) is 10.1 Å². The van der Waals surface area contributed by atoms with Crippen LogP contribution in [0.5, 0.6) is 0 Å². The highest BCUT2D eigenvalue weighted by Gasteiger charge is 2.37. The summed E-state index contributed by atoms with van der Waals surface area (Å²) >= 11 is 5.95. The molecule has 21 heavy (non-hydrogen) atoms. The average Bonchev–Trinajstić information content (AvgIpc) is 2.44. The highest BCUT2D eigenvalue weighted by molar-refractivity contribution is 6.30. The van der Waals surface area contributed by atoms with E-state index in [0.29, 0.717) is 22.7 Å². The SMILES string of the molecule is CCC(Nc1cccc(Cl)c1)(C(N)=O)c1cccc(F)c1. The lowest BCUT2D eigenvalue weighted by Gasteiger charge is -2.32. The number of amides is 1. The van der Waals surface area contributed by atoms with Crippen molar-refractivity contribution >= 4 is 23.2 Å². The van der Waals surface area contributed by atoms with E-state index < -0.39 is 17.3 Å². The molecule has 0 spiro atoms. The Morgan fingerprint density at radius 2 is 2.00 bits per heavy atom. The van der Waals surface area contributed by atoms with Gasteiger partial charge in [-0.1, -0.05) is 36.7 Å². The molecule has 0 radical (unpaired) electrons. The van der Waals surface area contributed by atoms with E-state index >= 15 is 0 Å². The van der Waals surface area contributed by atoms with Gasteiger partial charge in [0.15, 0.2) is 0 Å². The number of anilines is 1. The summed E-state index contributed by atoms with van der Waals surface area (Å²) in [5.41, 5.74) is 5.54. The zero-order valence-electron chi connectivity index (χ0n) is 11.6. The molecule has 0 aromatic heterocycles. The molecule has 0 heterocycles. The van der Waals surface area contributed by atoms with Gasteiger partial charge in [-0.15, -0.1) is 0 Å². The van der Waals surface area contributed by atoms with Crippen LogP contribution in [0.2, 0.25) is 5.02 Å².